The van der Waals surface area contributed by atoms with Crippen molar-refractivity contribution in [2.75, 3.05) is 27.4 Å². The van der Waals surface area contributed by atoms with Gasteiger partial charge in [0.1, 0.15) is 0 Å². The molecular formula is C26H25N3O8S. The minimum absolute atomic E-state index is 0.108. The second-order valence-electron chi connectivity index (χ2n) is 7.94. The fourth-order valence-electron chi connectivity index (χ4n) is 4.08. The van der Waals surface area contributed by atoms with Crippen LogP contribution in [0.15, 0.2) is 58.0 Å². The first-order valence-corrected chi connectivity index (χ1v) is 12.5. The summed E-state index contributed by atoms with van der Waals surface area (Å²) in [5, 5.41) is 11.4. The van der Waals surface area contributed by atoms with Gasteiger partial charge in [0.05, 0.1) is 48.5 Å². The summed E-state index contributed by atoms with van der Waals surface area (Å²) in [6, 6.07) is 8.77. The molecule has 1 atom stereocenters. The average Bonchev–Trinajstić information content (AvgIpc) is 3.23. The van der Waals surface area contributed by atoms with E-state index in [0.717, 1.165) is 11.3 Å². The van der Waals surface area contributed by atoms with E-state index in [-0.39, 0.29) is 21.5 Å². The number of nitro groups is 1. The summed E-state index contributed by atoms with van der Waals surface area (Å²) in [5.74, 6) is 0.485. The van der Waals surface area contributed by atoms with Gasteiger partial charge in [0.2, 0.25) is 0 Å². The molecule has 0 saturated carbocycles. The Hall–Kier alpha value is -4.45. The fraction of sp³-hybridized carbons (Fsp3) is 0.269. The number of fused-ring (bicyclic) bond motifs is 1. The molecule has 0 fully saturated rings. The van der Waals surface area contributed by atoms with Crippen LogP contribution in [0, 0.1) is 10.1 Å². The average molecular weight is 540 g/mol. The highest BCUT2D eigenvalue weighted by Gasteiger charge is 2.31. The quantitative estimate of drug-likeness (QED) is 0.230. The molecule has 2 aromatic carbocycles. The Kier molecular flexibility index (Phi) is 7.91. The summed E-state index contributed by atoms with van der Waals surface area (Å²) >= 11 is 1.10. The number of methoxy groups -OCH3 is 2. The Morgan fingerprint density at radius 2 is 1.82 bits per heavy atom. The van der Waals surface area contributed by atoms with Gasteiger partial charge in [-0.05, 0) is 49.2 Å². The minimum Gasteiger partial charge on any atom is -0.490 e. The Balaban J connectivity index is 1.90. The lowest BCUT2D eigenvalue weighted by Crippen LogP contribution is -2.39. The zero-order valence-corrected chi connectivity index (χ0v) is 21.9. The summed E-state index contributed by atoms with van der Waals surface area (Å²) in [5.41, 5.74) is 0.553. The number of benzene rings is 2. The molecule has 4 rings (SSSR count). The number of thiazole rings is 1. The third-order valence-electron chi connectivity index (χ3n) is 5.71. The molecule has 2 heterocycles. The van der Waals surface area contributed by atoms with Crippen LogP contribution in [-0.2, 0) is 9.53 Å². The van der Waals surface area contributed by atoms with E-state index < -0.39 is 22.5 Å². The molecule has 0 N–H and O–H groups in total. The van der Waals surface area contributed by atoms with Crippen LogP contribution < -0.4 is 29.1 Å². The van der Waals surface area contributed by atoms with Crippen LogP contribution in [0.2, 0.25) is 0 Å². The summed E-state index contributed by atoms with van der Waals surface area (Å²) in [7, 11) is 2.60. The SMILES string of the molecule is CCOc1ccc([C@@H]2C(C(=O)OC)=CN=c3s/c(=C\c4ccc(OC)c([N+](=O)[O-])c4)c(=O)n32)cc1OCC. The smallest absolute Gasteiger partial charge is 0.337 e. The monoisotopic (exact) mass is 539 g/mol. The van der Waals surface area contributed by atoms with E-state index in [2.05, 4.69) is 4.99 Å². The lowest BCUT2D eigenvalue weighted by atomic mass is 9.97. The highest BCUT2D eigenvalue weighted by molar-refractivity contribution is 7.07. The Labute approximate surface area is 221 Å². The van der Waals surface area contributed by atoms with E-state index in [4.69, 9.17) is 18.9 Å². The number of hydrogen-bond acceptors (Lipinski definition) is 10. The third kappa shape index (κ3) is 5.02. The third-order valence-corrected chi connectivity index (χ3v) is 6.70. The lowest BCUT2D eigenvalue weighted by Gasteiger charge is -2.23. The van der Waals surface area contributed by atoms with Crippen LogP contribution in [-0.4, -0.2) is 42.9 Å². The van der Waals surface area contributed by atoms with Gasteiger partial charge in [-0.25, -0.2) is 9.79 Å². The first-order chi connectivity index (χ1) is 18.3. The molecule has 11 nitrogen and oxygen atoms in total. The molecule has 0 aliphatic carbocycles. The van der Waals surface area contributed by atoms with E-state index in [0.29, 0.717) is 40.6 Å². The first kappa shape index (κ1) is 26.6. The molecule has 12 heteroatoms. The predicted molar refractivity (Wildman–Crippen MR) is 140 cm³/mol. The van der Waals surface area contributed by atoms with Gasteiger partial charge in [0.15, 0.2) is 22.0 Å². The topological polar surface area (TPSA) is 131 Å². The van der Waals surface area contributed by atoms with E-state index in [9.17, 15) is 19.7 Å². The van der Waals surface area contributed by atoms with Crippen LogP contribution in [0.3, 0.4) is 0 Å². The largest absolute Gasteiger partial charge is 0.490 e. The Morgan fingerprint density at radius 3 is 2.47 bits per heavy atom. The van der Waals surface area contributed by atoms with Crippen molar-refractivity contribution < 1.29 is 28.7 Å². The van der Waals surface area contributed by atoms with Crippen molar-refractivity contribution >= 4 is 29.1 Å². The number of aromatic nitrogens is 1. The standard InChI is InChI=1S/C26H25N3O8S/c1-5-36-20-10-8-16(13-21(20)37-6-2)23-17(25(31)35-4)14-27-26-28(23)24(30)22(38-26)12-15-7-9-19(34-3)18(11-15)29(32)33/h7-14,23H,5-6H2,1-4H3/b22-12-/t23-/m1/s1. The summed E-state index contributed by atoms with van der Waals surface area (Å²) in [6.45, 7) is 4.53. The number of rotatable bonds is 9. The van der Waals surface area contributed by atoms with Crippen LogP contribution in [0.25, 0.3) is 6.08 Å². The van der Waals surface area contributed by atoms with Crippen molar-refractivity contribution in [1.82, 2.24) is 4.57 Å². The van der Waals surface area contributed by atoms with Gasteiger partial charge in [-0.1, -0.05) is 23.5 Å². The van der Waals surface area contributed by atoms with E-state index in [1.165, 1.54) is 37.1 Å². The van der Waals surface area contributed by atoms with Gasteiger partial charge in [-0.15, -0.1) is 0 Å². The number of esters is 1. The second-order valence-corrected chi connectivity index (χ2v) is 8.95. The number of nitro benzene ring substituents is 1. The molecule has 1 aromatic heterocycles. The van der Waals surface area contributed by atoms with Crippen molar-refractivity contribution in [3.8, 4) is 17.2 Å². The zero-order chi connectivity index (χ0) is 27.4. The summed E-state index contributed by atoms with van der Waals surface area (Å²) in [6.07, 6.45) is 2.93. The van der Waals surface area contributed by atoms with Crippen LogP contribution >= 0.6 is 11.3 Å². The van der Waals surface area contributed by atoms with Gasteiger partial charge >= 0.3 is 11.7 Å². The fourth-order valence-corrected chi connectivity index (χ4v) is 5.05. The summed E-state index contributed by atoms with van der Waals surface area (Å²) in [4.78, 5) is 42.0. The van der Waals surface area contributed by atoms with Crippen molar-refractivity contribution in [2.45, 2.75) is 19.9 Å². The van der Waals surface area contributed by atoms with Crippen LogP contribution in [0.5, 0.6) is 17.2 Å². The van der Waals surface area contributed by atoms with Crippen molar-refractivity contribution in [3.63, 3.8) is 0 Å². The zero-order valence-electron chi connectivity index (χ0n) is 21.1. The Bertz CT molecular complexity index is 1610. The molecule has 1 aliphatic heterocycles. The molecule has 198 valence electrons. The van der Waals surface area contributed by atoms with E-state index in [1.807, 2.05) is 13.8 Å². The van der Waals surface area contributed by atoms with Gasteiger partial charge in [-0.3, -0.25) is 19.5 Å². The van der Waals surface area contributed by atoms with Gasteiger partial charge in [0, 0.05) is 12.3 Å². The number of carbonyl (C=O) groups is 1. The maximum Gasteiger partial charge on any atom is 0.337 e. The molecule has 0 saturated heterocycles. The number of hydrogen-bond donors (Lipinski definition) is 0. The van der Waals surface area contributed by atoms with Crippen molar-refractivity contribution in [3.05, 3.63) is 89.1 Å². The maximum absolute atomic E-state index is 13.7. The summed E-state index contributed by atoms with van der Waals surface area (Å²) < 4.78 is 23.1. The molecule has 38 heavy (non-hydrogen) atoms. The maximum atomic E-state index is 13.7. The number of carbonyl (C=O) groups excluding carboxylic acids is 1. The molecule has 0 bridgehead atoms. The molecular weight excluding hydrogens is 514 g/mol. The van der Waals surface area contributed by atoms with Gasteiger partial charge in [0.25, 0.3) is 5.56 Å². The van der Waals surface area contributed by atoms with E-state index in [1.54, 1.807) is 30.3 Å². The minimum atomic E-state index is -0.846. The molecule has 0 amide bonds. The number of nitrogens with zero attached hydrogens (tertiary/aromatic N) is 3. The van der Waals surface area contributed by atoms with Crippen LogP contribution in [0.4, 0.5) is 5.69 Å². The van der Waals surface area contributed by atoms with Gasteiger partial charge in [-0.2, -0.15) is 0 Å². The second kappa shape index (κ2) is 11.3. The van der Waals surface area contributed by atoms with Crippen molar-refractivity contribution in [1.29, 1.82) is 0 Å². The van der Waals surface area contributed by atoms with Crippen molar-refractivity contribution in [2.24, 2.45) is 4.99 Å². The highest BCUT2D eigenvalue weighted by atomic mass is 32.1. The first-order valence-electron chi connectivity index (χ1n) is 11.6. The number of ether oxygens (including phenoxy) is 4. The van der Waals surface area contributed by atoms with E-state index >= 15 is 0 Å². The predicted octanol–water partition coefficient (Wildman–Crippen LogP) is 2.73. The molecule has 1 aliphatic rings. The molecule has 0 spiro atoms. The Morgan fingerprint density at radius 1 is 1.11 bits per heavy atom. The molecule has 0 radical (unpaired) electrons. The normalized spacial score (nSPS) is 14.7. The molecule has 3 aromatic rings. The van der Waals surface area contributed by atoms with Gasteiger partial charge < -0.3 is 18.9 Å². The highest BCUT2D eigenvalue weighted by Crippen LogP contribution is 2.35. The van der Waals surface area contributed by atoms with Crippen LogP contribution in [0.1, 0.15) is 31.0 Å². The molecule has 0 unspecified atom stereocenters. The lowest BCUT2D eigenvalue weighted by molar-refractivity contribution is -0.385.